The highest BCUT2D eigenvalue weighted by Crippen LogP contribution is 2.15. The van der Waals surface area contributed by atoms with Crippen molar-refractivity contribution in [1.29, 1.82) is 0 Å². The zero-order valence-corrected chi connectivity index (χ0v) is 11.8. The molecule has 1 unspecified atom stereocenters. The second-order valence-electron chi connectivity index (χ2n) is 5.37. The molecule has 1 N–H and O–H groups in total. The lowest BCUT2D eigenvalue weighted by molar-refractivity contribution is -0.133. The van der Waals surface area contributed by atoms with Crippen LogP contribution in [0.4, 0.5) is 0 Å². The van der Waals surface area contributed by atoms with Gasteiger partial charge < -0.3 is 14.7 Å². The number of likely N-dealkylation sites (N-methyl/N-ethyl adjacent to an activating group) is 1. The summed E-state index contributed by atoms with van der Waals surface area (Å²) in [7, 11) is 3.41. The van der Waals surface area contributed by atoms with E-state index in [1.165, 1.54) is 0 Å². The molecule has 0 aliphatic carbocycles. The van der Waals surface area contributed by atoms with Gasteiger partial charge in [0.1, 0.15) is 0 Å². The smallest absolute Gasteiger partial charge is 0.236 e. The van der Waals surface area contributed by atoms with Gasteiger partial charge in [-0.2, -0.15) is 0 Å². The molecule has 18 heavy (non-hydrogen) atoms. The fourth-order valence-electron chi connectivity index (χ4n) is 2.26. The van der Waals surface area contributed by atoms with Crippen molar-refractivity contribution in [3.8, 4) is 0 Å². The molecule has 0 spiro atoms. The van der Waals surface area contributed by atoms with Crippen LogP contribution in [0.3, 0.4) is 0 Å². The van der Waals surface area contributed by atoms with Crippen molar-refractivity contribution in [2.45, 2.75) is 25.9 Å². The third kappa shape index (κ3) is 5.33. The molecule has 0 bridgehead atoms. The first-order valence-electron chi connectivity index (χ1n) is 6.66. The quantitative estimate of drug-likeness (QED) is 0.738. The number of rotatable bonds is 6. The number of likely N-dealkylation sites (tertiary alicyclic amines) is 1. The van der Waals surface area contributed by atoms with E-state index in [4.69, 9.17) is 4.74 Å². The number of amides is 1. The molecule has 5 nitrogen and oxygen atoms in total. The number of nitrogens with zero attached hydrogens (tertiary/aromatic N) is 2. The summed E-state index contributed by atoms with van der Waals surface area (Å²) in [5.74, 6) is 0.893. The largest absolute Gasteiger partial charge is 0.389 e. The standard InChI is InChI=1S/C13H26N2O3/c1-11-4-6-15(7-5-11)13(17)9-14(2)8-12(16)10-18-3/h11-12,16H,4-10H2,1-3H3. The van der Waals surface area contributed by atoms with Crippen LogP contribution in [0.1, 0.15) is 19.8 Å². The monoisotopic (exact) mass is 258 g/mol. The van der Waals surface area contributed by atoms with Crippen molar-refractivity contribution < 1.29 is 14.6 Å². The van der Waals surface area contributed by atoms with E-state index in [-0.39, 0.29) is 5.91 Å². The van der Waals surface area contributed by atoms with Crippen LogP contribution in [0.15, 0.2) is 0 Å². The maximum atomic E-state index is 12.0. The summed E-state index contributed by atoms with van der Waals surface area (Å²) in [6.07, 6.45) is 1.66. The molecule has 1 rings (SSSR count). The van der Waals surface area contributed by atoms with Crippen LogP contribution in [-0.4, -0.2) is 73.9 Å². The molecule has 5 heteroatoms. The Morgan fingerprint density at radius 3 is 2.67 bits per heavy atom. The number of carbonyl (C=O) groups is 1. The van der Waals surface area contributed by atoms with Gasteiger partial charge in [0.25, 0.3) is 0 Å². The minimum absolute atomic E-state index is 0.161. The maximum Gasteiger partial charge on any atom is 0.236 e. The third-order valence-electron chi connectivity index (χ3n) is 3.42. The fraction of sp³-hybridized carbons (Fsp3) is 0.923. The number of ether oxygens (including phenoxy) is 1. The van der Waals surface area contributed by atoms with Crippen molar-refractivity contribution in [2.75, 3.05) is 46.9 Å². The normalized spacial score (nSPS) is 19.3. The van der Waals surface area contributed by atoms with Crippen LogP contribution in [-0.2, 0) is 9.53 Å². The van der Waals surface area contributed by atoms with Crippen LogP contribution in [0.5, 0.6) is 0 Å². The summed E-state index contributed by atoms with van der Waals surface area (Å²) in [4.78, 5) is 15.8. The second-order valence-corrected chi connectivity index (χ2v) is 5.37. The van der Waals surface area contributed by atoms with Gasteiger partial charge in [0.05, 0.1) is 19.3 Å². The molecule has 0 aromatic rings. The van der Waals surface area contributed by atoms with Crippen molar-refractivity contribution in [3.63, 3.8) is 0 Å². The maximum absolute atomic E-state index is 12.0. The number of methoxy groups -OCH3 is 1. The Morgan fingerprint density at radius 1 is 1.50 bits per heavy atom. The highest BCUT2D eigenvalue weighted by atomic mass is 16.5. The van der Waals surface area contributed by atoms with Crippen molar-refractivity contribution in [3.05, 3.63) is 0 Å². The van der Waals surface area contributed by atoms with Gasteiger partial charge in [0, 0.05) is 26.7 Å². The molecule has 1 amide bonds. The van der Waals surface area contributed by atoms with Crippen molar-refractivity contribution in [2.24, 2.45) is 5.92 Å². The highest BCUT2D eigenvalue weighted by molar-refractivity contribution is 5.78. The summed E-state index contributed by atoms with van der Waals surface area (Å²) in [6.45, 7) is 5.11. The number of hydrogen-bond acceptors (Lipinski definition) is 4. The Kier molecular flexibility index (Phi) is 6.60. The molecule has 1 aliphatic rings. The number of aliphatic hydroxyl groups is 1. The number of aliphatic hydroxyl groups excluding tert-OH is 1. The summed E-state index contributed by atoms with van der Waals surface area (Å²) >= 11 is 0. The van der Waals surface area contributed by atoms with Gasteiger partial charge in [0.15, 0.2) is 0 Å². The summed E-state index contributed by atoms with van der Waals surface area (Å²) < 4.78 is 4.87. The van der Waals surface area contributed by atoms with E-state index in [1.807, 2.05) is 16.8 Å². The van der Waals surface area contributed by atoms with Crippen molar-refractivity contribution in [1.82, 2.24) is 9.80 Å². The minimum Gasteiger partial charge on any atom is -0.389 e. The minimum atomic E-state index is -0.533. The van der Waals surface area contributed by atoms with E-state index in [0.717, 1.165) is 31.8 Å². The van der Waals surface area contributed by atoms with E-state index in [0.29, 0.717) is 19.7 Å². The molecule has 106 valence electrons. The van der Waals surface area contributed by atoms with Gasteiger partial charge >= 0.3 is 0 Å². The lowest BCUT2D eigenvalue weighted by atomic mass is 9.99. The molecular weight excluding hydrogens is 232 g/mol. The average molecular weight is 258 g/mol. The number of piperidine rings is 1. The SMILES string of the molecule is COCC(O)CN(C)CC(=O)N1CCC(C)CC1. The highest BCUT2D eigenvalue weighted by Gasteiger charge is 2.21. The van der Waals surface area contributed by atoms with Crippen LogP contribution in [0.25, 0.3) is 0 Å². The van der Waals surface area contributed by atoms with Crippen LogP contribution in [0.2, 0.25) is 0 Å². The van der Waals surface area contributed by atoms with E-state index >= 15 is 0 Å². The first-order valence-corrected chi connectivity index (χ1v) is 6.66. The topological polar surface area (TPSA) is 53.0 Å². The Balaban J connectivity index is 2.26. The average Bonchev–Trinajstić information content (AvgIpc) is 2.29. The first-order chi connectivity index (χ1) is 8.52. The molecule has 1 fully saturated rings. The predicted octanol–water partition coefficient (Wildman–Crippen LogP) is 0.184. The first kappa shape index (κ1) is 15.4. The lowest BCUT2D eigenvalue weighted by Gasteiger charge is -2.31. The van der Waals surface area contributed by atoms with Crippen LogP contribution >= 0.6 is 0 Å². The van der Waals surface area contributed by atoms with Gasteiger partial charge in [-0.1, -0.05) is 6.92 Å². The molecule has 0 saturated carbocycles. The Morgan fingerprint density at radius 2 is 2.11 bits per heavy atom. The molecule has 0 aromatic carbocycles. The lowest BCUT2D eigenvalue weighted by Crippen LogP contribution is -2.44. The molecule has 1 heterocycles. The molecule has 0 radical (unpaired) electrons. The molecule has 0 aromatic heterocycles. The zero-order valence-electron chi connectivity index (χ0n) is 11.8. The molecule has 1 atom stereocenters. The Bertz CT molecular complexity index is 253. The zero-order chi connectivity index (χ0) is 13.5. The number of carbonyl (C=O) groups excluding carboxylic acids is 1. The second kappa shape index (κ2) is 7.71. The third-order valence-corrected chi connectivity index (χ3v) is 3.42. The molecule has 1 aliphatic heterocycles. The van der Waals surface area contributed by atoms with Crippen LogP contribution < -0.4 is 0 Å². The molecular formula is C13H26N2O3. The van der Waals surface area contributed by atoms with E-state index in [9.17, 15) is 9.90 Å². The summed E-state index contributed by atoms with van der Waals surface area (Å²) in [6, 6.07) is 0. The van der Waals surface area contributed by atoms with Crippen LogP contribution in [0, 0.1) is 5.92 Å². The van der Waals surface area contributed by atoms with Crippen molar-refractivity contribution >= 4 is 5.91 Å². The van der Waals surface area contributed by atoms with E-state index in [1.54, 1.807) is 7.11 Å². The predicted molar refractivity (Wildman–Crippen MR) is 70.4 cm³/mol. The van der Waals surface area contributed by atoms with E-state index in [2.05, 4.69) is 6.92 Å². The van der Waals surface area contributed by atoms with Gasteiger partial charge in [-0.05, 0) is 25.8 Å². The van der Waals surface area contributed by atoms with Gasteiger partial charge in [-0.25, -0.2) is 0 Å². The molecule has 1 saturated heterocycles. The fourth-order valence-corrected chi connectivity index (χ4v) is 2.26. The van der Waals surface area contributed by atoms with Gasteiger partial charge in [-0.3, -0.25) is 9.69 Å². The Hall–Kier alpha value is -0.650. The van der Waals surface area contributed by atoms with E-state index < -0.39 is 6.10 Å². The van der Waals surface area contributed by atoms with Gasteiger partial charge in [0.2, 0.25) is 5.91 Å². The summed E-state index contributed by atoms with van der Waals surface area (Å²) in [5.41, 5.74) is 0. The van der Waals surface area contributed by atoms with Gasteiger partial charge in [-0.15, -0.1) is 0 Å². The number of hydrogen-bond donors (Lipinski definition) is 1. The summed E-state index contributed by atoms with van der Waals surface area (Å²) in [5, 5.41) is 9.59. The Labute approximate surface area is 110 Å².